The van der Waals surface area contributed by atoms with E-state index in [0.717, 1.165) is 39.0 Å². The number of ketones is 1. The van der Waals surface area contributed by atoms with Gasteiger partial charge in [0.15, 0.2) is 5.78 Å². The van der Waals surface area contributed by atoms with Crippen LogP contribution in [0.15, 0.2) is 0 Å². The first-order valence-electron chi connectivity index (χ1n) is 7.97. The molecular formula is C16H26BrN2O2+. The van der Waals surface area contributed by atoms with Crippen LogP contribution < -0.4 is 4.90 Å². The van der Waals surface area contributed by atoms with E-state index in [1.54, 1.807) is 0 Å². The second kappa shape index (κ2) is 4.54. The van der Waals surface area contributed by atoms with Crippen molar-refractivity contribution in [2.24, 2.45) is 16.2 Å². The number of nitrogens with zero attached hydrogens (tertiary/aromatic N) is 1. The quantitative estimate of drug-likeness (QED) is 0.694. The van der Waals surface area contributed by atoms with E-state index in [0.29, 0.717) is 0 Å². The minimum atomic E-state index is -0.552. The number of amides is 1. The van der Waals surface area contributed by atoms with Gasteiger partial charge in [0, 0.05) is 5.41 Å². The van der Waals surface area contributed by atoms with Crippen LogP contribution >= 0.6 is 15.9 Å². The largest absolute Gasteiger partial charge is 0.334 e. The summed E-state index contributed by atoms with van der Waals surface area (Å²) in [7, 11) is 2.17. The van der Waals surface area contributed by atoms with Crippen molar-refractivity contribution in [3.63, 3.8) is 0 Å². The van der Waals surface area contributed by atoms with E-state index in [2.05, 4.69) is 43.7 Å². The van der Waals surface area contributed by atoms with Crippen LogP contribution in [0.2, 0.25) is 0 Å². The molecule has 3 atom stereocenters. The van der Waals surface area contributed by atoms with Gasteiger partial charge in [-0.2, -0.15) is 0 Å². The summed E-state index contributed by atoms with van der Waals surface area (Å²) in [6, 6.07) is 0. The Morgan fingerprint density at radius 3 is 2.29 bits per heavy atom. The molecule has 1 amide bonds. The van der Waals surface area contributed by atoms with E-state index >= 15 is 0 Å². The highest BCUT2D eigenvalue weighted by Gasteiger charge is 2.77. The predicted octanol–water partition coefficient (Wildman–Crippen LogP) is 0.502. The number of hydrogen-bond donors (Lipinski definition) is 1. The Labute approximate surface area is 135 Å². The molecule has 1 N–H and O–H groups in total. The second-order valence-electron chi connectivity index (χ2n) is 7.90. The zero-order valence-corrected chi connectivity index (χ0v) is 15.0. The summed E-state index contributed by atoms with van der Waals surface area (Å²) >= 11 is 3.61. The lowest BCUT2D eigenvalue weighted by Gasteiger charge is -2.43. The number of hydrogen-bond acceptors (Lipinski definition) is 2. The number of likely N-dealkylation sites (N-methyl/N-ethyl adjacent to an activating group) is 1. The summed E-state index contributed by atoms with van der Waals surface area (Å²) in [5.74, 6) is 0.434. The molecule has 2 saturated carbocycles. The molecule has 1 heterocycles. The SMILES string of the molecule is C[NH+]1CCN(C(=O)[C@]23CC[C@](C)(C(=O)[C@@H]2Br)C3(C)C)CC1. The standard InChI is InChI=1S/C16H25BrN2O2/c1-14(2)15(3)5-6-16(14,11(17)12(15)20)13(21)19-9-7-18(4)8-10-19/h11H,5-10H2,1-4H3/p+1/t11-,15+,16-/m0/s1. The van der Waals surface area contributed by atoms with Crippen molar-refractivity contribution >= 4 is 27.6 Å². The molecule has 1 saturated heterocycles. The number of halogens is 1. The van der Waals surface area contributed by atoms with Crippen LogP contribution in [0.4, 0.5) is 0 Å². The maximum atomic E-state index is 13.3. The van der Waals surface area contributed by atoms with Crippen molar-refractivity contribution in [1.29, 1.82) is 0 Å². The molecule has 3 fully saturated rings. The fourth-order valence-corrected chi connectivity index (χ4v) is 6.30. The smallest absolute Gasteiger partial charge is 0.231 e. The van der Waals surface area contributed by atoms with Crippen LogP contribution in [0.3, 0.4) is 0 Å². The van der Waals surface area contributed by atoms with Gasteiger partial charge in [0.25, 0.3) is 0 Å². The summed E-state index contributed by atoms with van der Waals surface area (Å²) in [6.07, 6.45) is 1.67. The summed E-state index contributed by atoms with van der Waals surface area (Å²) < 4.78 is 0. The molecule has 21 heavy (non-hydrogen) atoms. The lowest BCUT2D eigenvalue weighted by Crippen LogP contribution is -3.12. The number of carbonyl (C=O) groups is 2. The first-order chi connectivity index (χ1) is 9.68. The molecular weight excluding hydrogens is 332 g/mol. The van der Waals surface area contributed by atoms with Crippen molar-refractivity contribution in [3.8, 4) is 0 Å². The lowest BCUT2D eigenvalue weighted by atomic mass is 9.64. The Hall–Kier alpha value is -0.420. The molecule has 5 heteroatoms. The van der Waals surface area contributed by atoms with E-state index in [9.17, 15) is 9.59 Å². The Morgan fingerprint density at radius 1 is 1.24 bits per heavy atom. The molecule has 2 aliphatic carbocycles. The molecule has 3 aliphatic rings. The highest BCUT2D eigenvalue weighted by atomic mass is 79.9. The fourth-order valence-electron chi connectivity index (χ4n) is 4.80. The van der Waals surface area contributed by atoms with Crippen molar-refractivity contribution in [2.75, 3.05) is 33.2 Å². The van der Waals surface area contributed by atoms with E-state index in [4.69, 9.17) is 0 Å². The Bertz CT molecular complexity index is 499. The monoisotopic (exact) mass is 357 g/mol. The van der Waals surface area contributed by atoms with Gasteiger partial charge in [0.1, 0.15) is 0 Å². The number of piperazine rings is 1. The Kier molecular flexibility index (Phi) is 3.35. The number of Topliss-reactive ketones (excluding diaryl/α,β-unsaturated/α-hetero) is 1. The summed E-state index contributed by atoms with van der Waals surface area (Å²) in [4.78, 5) is 29.2. The Morgan fingerprint density at radius 2 is 1.81 bits per heavy atom. The van der Waals surface area contributed by atoms with Gasteiger partial charge in [-0.1, -0.05) is 36.7 Å². The van der Waals surface area contributed by atoms with Gasteiger partial charge in [0.2, 0.25) is 5.91 Å². The number of nitrogens with one attached hydrogen (secondary N) is 1. The van der Waals surface area contributed by atoms with Crippen molar-refractivity contribution < 1.29 is 14.5 Å². The Balaban J connectivity index is 1.96. The minimum Gasteiger partial charge on any atom is -0.334 e. The predicted molar refractivity (Wildman–Crippen MR) is 84.5 cm³/mol. The summed E-state index contributed by atoms with van der Waals surface area (Å²) in [5.41, 5.74) is -1.20. The molecule has 118 valence electrons. The summed E-state index contributed by atoms with van der Waals surface area (Å²) in [5, 5.41) is 0. The van der Waals surface area contributed by atoms with Gasteiger partial charge in [0.05, 0.1) is 43.5 Å². The van der Waals surface area contributed by atoms with Crippen LogP contribution in [-0.2, 0) is 9.59 Å². The zero-order chi connectivity index (χ0) is 15.6. The minimum absolute atomic E-state index is 0.205. The molecule has 0 aromatic rings. The highest BCUT2D eigenvalue weighted by molar-refractivity contribution is 9.10. The van der Waals surface area contributed by atoms with Gasteiger partial charge < -0.3 is 9.80 Å². The number of carbonyl (C=O) groups excluding carboxylic acids is 2. The second-order valence-corrected chi connectivity index (χ2v) is 8.82. The molecule has 1 aliphatic heterocycles. The number of rotatable bonds is 1. The third kappa shape index (κ3) is 1.65. The summed E-state index contributed by atoms with van der Waals surface area (Å²) in [6.45, 7) is 9.93. The first kappa shape index (κ1) is 15.5. The first-order valence-corrected chi connectivity index (χ1v) is 8.89. The van der Waals surface area contributed by atoms with E-state index < -0.39 is 5.41 Å². The van der Waals surface area contributed by atoms with Gasteiger partial charge in [-0.15, -0.1) is 0 Å². The number of alkyl halides is 1. The van der Waals surface area contributed by atoms with Crippen LogP contribution in [0.1, 0.15) is 33.6 Å². The number of quaternary nitrogens is 1. The lowest BCUT2D eigenvalue weighted by molar-refractivity contribution is -0.883. The van der Waals surface area contributed by atoms with E-state index in [1.807, 2.05) is 4.90 Å². The molecule has 0 spiro atoms. The molecule has 0 aromatic heterocycles. The van der Waals surface area contributed by atoms with Gasteiger partial charge in [-0.05, 0) is 18.3 Å². The maximum Gasteiger partial charge on any atom is 0.231 e. The molecule has 0 aromatic carbocycles. The van der Waals surface area contributed by atoms with E-state index in [1.165, 1.54) is 4.90 Å². The van der Waals surface area contributed by atoms with Crippen LogP contribution in [0.5, 0.6) is 0 Å². The molecule has 0 radical (unpaired) electrons. The topological polar surface area (TPSA) is 41.8 Å². The van der Waals surface area contributed by atoms with Crippen LogP contribution in [0, 0.1) is 16.2 Å². The maximum absolute atomic E-state index is 13.3. The molecule has 4 nitrogen and oxygen atoms in total. The third-order valence-electron chi connectivity index (χ3n) is 7.01. The van der Waals surface area contributed by atoms with Crippen molar-refractivity contribution in [2.45, 2.75) is 38.4 Å². The normalized spacial score (nSPS) is 42.6. The average molecular weight is 358 g/mol. The fraction of sp³-hybridized carbons (Fsp3) is 0.875. The van der Waals surface area contributed by atoms with Crippen LogP contribution in [0.25, 0.3) is 0 Å². The molecule has 2 bridgehead atoms. The number of fused-ring (bicyclic) bond motifs is 2. The van der Waals surface area contributed by atoms with Gasteiger partial charge in [-0.3, -0.25) is 9.59 Å². The molecule has 3 rings (SSSR count). The van der Waals surface area contributed by atoms with Gasteiger partial charge >= 0.3 is 0 Å². The van der Waals surface area contributed by atoms with Crippen molar-refractivity contribution in [1.82, 2.24) is 4.90 Å². The average Bonchev–Trinajstić information content (AvgIpc) is 2.71. The van der Waals surface area contributed by atoms with Crippen molar-refractivity contribution in [3.05, 3.63) is 0 Å². The van der Waals surface area contributed by atoms with E-state index in [-0.39, 0.29) is 27.3 Å². The van der Waals surface area contributed by atoms with Gasteiger partial charge in [-0.25, -0.2) is 0 Å². The van der Waals surface area contributed by atoms with Crippen LogP contribution in [-0.4, -0.2) is 54.6 Å². The molecule has 0 unspecified atom stereocenters. The highest BCUT2D eigenvalue weighted by Crippen LogP contribution is 2.72. The zero-order valence-electron chi connectivity index (χ0n) is 13.5. The third-order valence-corrected chi connectivity index (χ3v) is 8.20.